The van der Waals surface area contributed by atoms with Crippen molar-refractivity contribution in [3.05, 3.63) is 75.7 Å². The smallest absolute Gasteiger partial charge is 0.261 e. The summed E-state index contributed by atoms with van der Waals surface area (Å²) < 4.78 is 6.65. The van der Waals surface area contributed by atoms with Crippen molar-refractivity contribution < 1.29 is 14.3 Å². The molecule has 0 bridgehead atoms. The van der Waals surface area contributed by atoms with E-state index in [2.05, 4.69) is 21.2 Å². The lowest BCUT2D eigenvalue weighted by atomic mass is 10.1. The number of likely N-dealkylation sites (N-methyl/N-ethyl adjacent to an activating group) is 1. The van der Waals surface area contributed by atoms with Gasteiger partial charge in [0.1, 0.15) is 11.8 Å². The maximum absolute atomic E-state index is 13.2. The number of halogens is 2. The fourth-order valence-electron chi connectivity index (χ4n) is 3.44. The predicted octanol–water partition coefficient (Wildman–Crippen LogP) is 5.19. The van der Waals surface area contributed by atoms with Gasteiger partial charge in [0, 0.05) is 18.6 Å². The van der Waals surface area contributed by atoms with Crippen molar-refractivity contribution in [1.82, 2.24) is 10.2 Å². The molecule has 0 spiro atoms. The van der Waals surface area contributed by atoms with Gasteiger partial charge in [-0.25, -0.2) is 0 Å². The van der Waals surface area contributed by atoms with Gasteiger partial charge in [-0.3, -0.25) is 9.59 Å². The Morgan fingerprint density at radius 1 is 1.10 bits per heavy atom. The van der Waals surface area contributed by atoms with Gasteiger partial charge >= 0.3 is 0 Å². The highest BCUT2D eigenvalue weighted by molar-refractivity contribution is 9.10. The van der Waals surface area contributed by atoms with E-state index in [0.717, 1.165) is 20.8 Å². The number of amides is 2. The summed E-state index contributed by atoms with van der Waals surface area (Å²) in [6.07, 6.45) is 0.468. The number of rotatable bonds is 8. The van der Waals surface area contributed by atoms with Crippen molar-refractivity contribution in [2.75, 3.05) is 13.7 Å². The normalized spacial score (nSPS) is 11.7. The Balaban J connectivity index is 1.83. The molecule has 31 heavy (non-hydrogen) atoms. The SMILES string of the molecule is CCC(C(=O)NC)N(Cc1ccccc1Cl)C(=O)COc1ccc2ccccc2c1Br. The highest BCUT2D eigenvalue weighted by Crippen LogP contribution is 2.33. The molecule has 0 aliphatic rings. The molecular weight excluding hydrogens is 480 g/mol. The van der Waals surface area contributed by atoms with Crippen LogP contribution < -0.4 is 10.1 Å². The fraction of sp³-hybridized carbons (Fsp3) is 0.250. The Labute approximate surface area is 195 Å². The standard InChI is InChI=1S/C24H24BrClN2O3/c1-3-20(24(30)27-2)28(14-17-9-5-7-11-19(17)26)22(29)15-31-21-13-12-16-8-4-6-10-18(16)23(21)25/h4-13,20H,3,14-15H2,1-2H3,(H,27,30). The van der Waals surface area contributed by atoms with E-state index in [9.17, 15) is 9.59 Å². The van der Waals surface area contributed by atoms with E-state index < -0.39 is 6.04 Å². The largest absolute Gasteiger partial charge is 0.483 e. The molecule has 162 valence electrons. The fourth-order valence-corrected chi connectivity index (χ4v) is 4.25. The van der Waals surface area contributed by atoms with Crippen molar-refractivity contribution in [2.45, 2.75) is 25.9 Å². The van der Waals surface area contributed by atoms with Gasteiger partial charge in [0.2, 0.25) is 5.91 Å². The highest BCUT2D eigenvalue weighted by atomic mass is 79.9. The summed E-state index contributed by atoms with van der Waals surface area (Å²) in [4.78, 5) is 27.2. The third-order valence-corrected chi connectivity index (χ3v) is 6.30. The summed E-state index contributed by atoms with van der Waals surface area (Å²) >= 11 is 9.89. The molecular formula is C24H24BrClN2O3. The summed E-state index contributed by atoms with van der Waals surface area (Å²) in [7, 11) is 1.56. The van der Waals surface area contributed by atoms with Crippen molar-refractivity contribution >= 4 is 50.1 Å². The zero-order valence-corrected chi connectivity index (χ0v) is 19.7. The highest BCUT2D eigenvalue weighted by Gasteiger charge is 2.29. The van der Waals surface area contributed by atoms with Crippen LogP contribution >= 0.6 is 27.5 Å². The number of benzene rings is 3. The van der Waals surface area contributed by atoms with E-state index in [1.165, 1.54) is 4.90 Å². The minimum absolute atomic E-state index is 0.200. The number of carbonyl (C=O) groups is 2. The minimum Gasteiger partial charge on any atom is -0.483 e. The van der Waals surface area contributed by atoms with Crippen LogP contribution in [0.25, 0.3) is 10.8 Å². The van der Waals surface area contributed by atoms with Gasteiger partial charge in [-0.2, -0.15) is 0 Å². The Kier molecular flexibility index (Phi) is 7.93. The molecule has 0 fully saturated rings. The number of fused-ring (bicyclic) bond motifs is 1. The minimum atomic E-state index is -0.627. The summed E-state index contributed by atoms with van der Waals surface area (Å²) in [6, 6.07) is 18.3. The molecule has 3 aromatic carbocycles. The van der Waals surface area contributed by atoms with Crippen LogP contribution in [0.1, 0.15) is 18.9 Å². The maximum atomic E-state index is 13.2. The maximum Gasteiger partial charge on any atom is 0.261 e. The first-order valence-electron chi connectivity index (χ1n) is 10.0. The lowest BCUT2D eigenvalue weighted by molar-refractivity contribution is -0.142. The molecule has 0 heterocycles. The quantitative estimate of drug-likeness (QED) is 0.460. The van der Waals surface area contributed by atoms with Crippen molar-refractivity contribution in [3.8, 4) is 5.75 Å². The van der Waals surface area contributed by atoms with Crippen LogP contribution in [0.4, 0.5) is 0 Å². The third-order valence-electron chi connectivity index (χ3n) is 5.11. The van der Waals surface area contributed by atoms with Crippen LogP contribution in [0.3, 0.4) is 0 Å². The van der Waals surface area contributed by atoms with E-state index in [1.54, 1.807) is 13.1 Å². The predicted molar refractivity (Wildman–Crippen MR) is 127 cm³/mol. The van der Waals surface area contributed by atoms with Crippen LogP contribution in [0.2, 0.25) is 5.02 Å². The van der Waals surface area contributed by atoms with Gasteiger partial charge in [0.05, 0.1) is 4.47 Å². The van der Waals surface area contributed by atoms with Crippen molar-refractivity contribution in [1.29, 1.82) is 0 Å². The number of hydrogen-bond acceptors (Lipinski definition) is 3. The number of carbonyl (C=O) groups excluding carboxylic acids is 2. The number of ether oxygens (including phenoxy) is 1. The summed E-state index contributed by atoms with van der Waals surface area (Å²) in [5, 5.41) is 5.25. The first kappa shape index (κ1) is 23.1. The Bertz CT molecular complexity index is 1090. The summed E-state index contributed by atoms with van der Waals surface area (Å²) in [5.41, 5.74) is 0.770. The molecule has 0 aliphatic carbocycles. The zero-order valence-electron chi connectivity index (χ0n) is 17.4. The number of nitrogens with zero attached hydrogens (tertiary/aromatic N) is 1. The molecule has 0 saturated heterocycles. The summed E-state index contributed by atoms with van der Waals surface area (Å²) in [5.74, 6) is 0.0444. The molecule has 1 atom stereocenters. The van der Waals surface area contributed by atoms with Gasteiger partial charge < -0.3 is 15.0 Å². The second kappa shape index (κ2) is 10.6. The zero-order chi connectivity index (χ0) is 22.4. The lowest BCUT2D eigenvalue weighted by Gasteiger charge is -2.30. The third kappa shape index (κ3) is 5.38. The van der Waals surface area contributed by atoms with Crippen LogP contribution in [-0.4, -0.2) is 36.4 Å². The van der Waals surface area contributed by atoms with E-state index in [0.29, 0.717) is 17.2 Å². The molecule has 0 radical (unpaired) electrons. The first-order valence-corrected chi connectivity index (χ1v) is 11.2. The van der Waals surface area contributed by atoms with Gasteiger partial charge in [-0.15, -0.1) is 0 Å². The molecule has 0 aliphatic heterocycles. The molecule has 7 heteroatoms. The van der Waals surface area contributed by atoms with Crippen LogP contribution in [-0.2, 0) is 16.1 Å². The van der Waals surface area contributed by atoms with Gasteiger partial charge in [0.25, 0.3) is 5.91 Å². The lowest BCUT2D eigenvalue weighted by Crippen LogP contribution is -2.49. The monoisotopic (exact) mass is 502 g/mol. The van der Waals surface area contributed by atoms with Crippen molar-refractivity contribution in [3.63, 3.8) is 0 Å². The number of nitrogens with one attached hydrogen (secondary N) is 1. The second-order valence-electron chi connectivity index (χ2n) is 7.04. The van der Waals surface area contributed by atoms with Crippen LogP contribution in [0.15, 0.2) is 65.1 Å². The van der Waals surface area contributed by atoms with Crippen LogP contribution in [0.5, 0.6) is 5.75 Å². The summed E-state index contributed by atoms with van der Waals surface area (Å²) in [6.45, 7) is 1.88. The molecule has 0 aromatic heterocycles. The molecule has 0 saturated carbocycles. The number of hydrogen-bond donors (Lipinski definition) is 1. The Morgan fingerprint density at radius 3 is 2.52 bits per heavy atom. The Morgan fingerprint density at radius 2 is 1.81 bits per heavy atom. The first-order chi connectivity index (χ1) is 15.0. The van der Waals surface area contributed by atoms with Crippen molar-refractivity contribution in [2.24, 2.45) is 0 Å². The molecule has 1 N–H and O–H groups in total. The molecule has 5 nitrogen and oxygen atoms in total. The van der Waals surface area contributed by atoms with E-state index in [-0.39, 0.29) is 25.0 Å². The molecule has 1 unspecified atom stereocenters. The average Bonchev–Trinajstić information content (AvgIpc) is 2.79. The molecule has 2 amide bonds. The van der Waals surface area contributed by atoms with Gasteiger partial charge in [-0.05, 0) is 50.8 Å². The molecule has 3 rings (SSSR count). The average molecular weight is 504 g/mol. The Hall–Kier alpha value is -2.57. The van der Waals surface area contributed by atoms with Gasteiger partial charge in [0.15, 0.2) is 6.61 Å². The van der Waals surface area contributed by atoms with Gasteiger partial charge in [-0.1, -0.05) is 67.1 Å². The topological polar surface area (TPSA) is 58.6 Å². The van der Waals surface area contributed by atoms with Crippen LogP contribution in [0, 0.1) is 0 Å². The molecule has 3 aromatic rings. The van der Waals surface area contributed by atoms with E-state index >= 15 is 0 Å². The van der Waals surface area contributed by atoms with E-state index in [1.807, 2.05) is 61.5 Å². The van der Waals surface area contributed by atoms with E-state index in [4.69, 9.17) is 16.3 Å². The second-order valence-corrected chi connectivity index (χ2v) is 8.24.